The van der Waals surface area contributed by atoms with Gasteiger partial charge in [0.1, 0.15) is 24.5 Å². The molecule has 3 aliphatic heterocycles. The number of fused-ring (bicyclic) bond motifs is 3. The molecule has 10 heteroatoms. The summed E-state index contributed by atoms with van der Waals surface area (Å²) in [6, 6.07) is 9.03. The molecule has 3 atom stereocenters. The number of nitrogens with one attached hydrogen (secondary N) is 1. The lowest BCUT2D eigenvalue weighted by atomic mass is 10.1. The van der Waals surface area contributed by atoms with E-state index in [9.17, 15) is 9.59 Å². The molecule has 1 aromatic carbocycles. The van der Waals surface area contributed by atoms with Crippen molar-refractivity contribution in [3.8, 4) is 5.75 Å². The van der Waals surface area contributed by atoms with Crippen molar-refractivity contribution in [3.63, 3.8) is 0 Å². The van der Waals surface area contributed by atoms with Crippen molar-refractivity contribution in [2.75, 3.05) is 36.0 Å². The van der Waals surface area contributed by atoms with Crippen molar-refractivity contribution in [2.24, 2.45) is 5.73 Å². The number of benzene rings is 1. The van der Waals surface area contributed by atoms with Crippen molar-refractivity contribution in [1.82, 2.24) is 5.32 Å². The summed E-state index contributed by atoms with van der Waals surface area (Å²) in [7, 11) is 0. The molecule has 158 valence electrons. The van der Waals surface area contributed by atoms with Crippen LogP contribution < -0.4 is 25.6 Å². The summed E-state index contributed by atoms with van der Waals surface area (Å²) >= 11 is 7.09. The smallest absolute Gasteiger partial charge is 0.415 e. The van der Waals surface area contributed by atoms with Crippen LogP contribution in [0.5, 0.6) is 5.75 Å². The number of amides is 2. The molecule has 2 saturated heterocycles. The Morgan fingerprint density at radius 1 is 1.33 bits per heavy atom. The Kier molecular flexibility index (Phi) is 4.96. The minimum absolute atomic E-state index is 0.182. The monoisotopic (exact) mass is 448 g/mol. The minimum Gasteiger partial charge on any atom is -0.489 e. The maximum absolute atomic E-state index is 12.6. The van der Waals surface area contributed by atoms with Gasteiger partial charge in [0, 0.05) is 30.9 Å². The number of nitrogens with zero attached hydrogens (tertiary/aromatic N) is 2. The van der Waals surface area contributed by atoms with E-state index in [1.807, 2.05) is 18.2 Å². The first-order valence-corrected chi connectivity index (χ1v) is 11.0. The maximum atomic E-state index is 12.6. The van der Waals surface area contributed by atoms with Gasteiger partial charge in [-0.25, -0.2) is 4.79 Å². The van der Waals surface area contributed by atoms with Crippen molar-refractivity contribution in [2.45, 2.75) is 24.6 Å². The molecule has 0 unspecified atom stereocenters. The van der Waals surface area contributed by atoms with Gasteiger partial charge in [0.15, 0.2) is 0 Å². The number of carbonyl (C=O) groups is 2. The predicted octanol–water partition coefficient (Wildman–Crippen LogP) is 2.46. The van der Waals surface area contributed by atoms with Gasteiger partial charge < -0.3 is 25.4 Å². The lowest BCUT2D eigenvalue weighted by Gasteiger charge is -2.32. The Labute approximate surface area is 182 Å². The van der Waals surface area contributed by atoms with Crippen molar-refractivity contribution in [1.29, 1.82) is 0 Å². The van der Waals surface area contributed by atoms with Crippen LogP contribution in [-0.2, 0) is 4.74 Å². The van der Waals surface area contributed by atoms with Crippen LogP contribution in [0.2, 0.25) is 4.34 Å². The fourth-order valence-corrected chi connectivity index (χ4v) is 5.09. The van der Waals surface area contributed by atoms with Gasteiger partial charge in [-0.05, 0) is 30.7 Å². The molecule has 5 rings (SSSR count). The van der Waals surface area contributed by atoms with Crippen LogP contribution in [-0.4, -0.2) is 56.4 Å². The lowest BCUT2D eigenvalue weighted by Crippen LogP contribution is -2.47. The topological polar surface area (TPSA) is 97.1 Å². The third-order valence-electron chi connectivity index (χ3n) is 5.67. The van der Waals surface area contributed by atoms with E-state index in [1.165, 1.54) is 11.3 Å². The van der Waals surface area contributed by atoms with Gasteiger partial charge in [-0.2, -0.15) is 0 Å². The fourth-order valence-electron chi connectivity index (χ4n) is 4.13. The van der Waals surface area contributed by atoms with E-state index in [-0.39, 0.29) is 24.5 Å². The standard InChI is InChI=1S/C20H21ClN4O4S/c21-18-4-3-17(30-18)19(26)23-8-16-14-10-28-15-7-12(24-6-5-11(22)9-24)1-2-13(15)25(14)20(27)29-16/h1-4,7,11,14,16H,5-6,8-10,22H2,(H,23,26)/t11-,14+,16+/m1/s1. The zero-order chi connectivity index (χ0) is 20.8. The number of anilines is 2. The van der Waals surface area contributed by atoms with Crippen LogP contribution in [0.25, 0.3) is 0 Å². The fraction of sp³-hybridized carbons (Fsp3) is 0.400. The maximum Gasteiger partial charge on any atom is 0.415 e. The molecule has 30 heavy (non-hydrogen) atoms. The number of ether oxygens (including phenoxy) is 2. The molecule has 3 N–H and O–H groups in total. The summed E-state index contributed by atoms with van der Waals surface area (Å²) in [5.74, 6) is 0.408. The van der Waals surface area contributed by atoms with E-state index < -0.39 is 12.2 Å². The van der Waals surface area contributed by atoms with Gasteiger partial charge >= 0.3 is 6.09 Å². The molecule has 0 spiro atoms. The van der Waals surface area contributed by atoms with Crippen LogP contribution in [0.3, 0.4) is 0 Å². The number of rotatable bonds is 4. The number of cyclic esters (lactones) is 1. The number of hydrogen-bond donors (Lipinski definition) is 2. The van der Waals surface area contributed by atoms with Gasteiger partial charge in [0.25, 0.3) is 5.91 Å². The Balaban J connectivity index is 1.29. The van der Waals surface area contributed by atoms with Gasteiger partial charge in [-0.1, -0.05) is 11.6 Å². The second-order valence-electron chi connectivity index (χ2n) is 7.63. The number of thiophene rings is 1. The average Bonchev–Trinajstić information content (AvgIpc) is 3.45. The number of hydrogen-bond acceptors (Lipinski definition) is 7. The summed E-state index contributed by atoms with van der Waals surface area (Å²) in [6.45, 7) is 2.22. The highest BCUT2D eigenvalue weighted by Gasteiger charge is 2.46. The molecule has 2 amide bonds. The van der Waals surface area contributed by atoms with Gasteiger partial charge in [0.05, 0.1) is 21.4 Å². The molecule has 2 aromatic rings. The SMILES string of the molecule is N[C@@H]1CCN(c2ccc3c(c2)OC[C@H]2[C@H](CNC(=O)c4ccc(Cl)s4)OC(=O)N32)C1. The van der Waals surface area contributed by atoms with Gasteiger partial charge in [-0.3, -0.25) is 9.69 Å². The summed E-state index contributed by atoms with van der Waals surface area (Å²) in [4.78, 5) is 29.2. The second-order valence-corrected chi connectivity index (χ2v) is 9.35. The molecule has 1 aromatic heterocycles. The summed E-state index contributed by atoms with van der Waals surface area (Å²) in [5.41, 5.74) is 7.73. The number of nitrogens with two attached hydrogens (primary N) is 1. The first kappa shape index (κ1) is 19.5. The van der Waals surface area contributed by atoms with E-state index in [2.05, 4.69) is 10.2 Å². The van der Waals surface area contributed by atoms with Crippen molar-refractivity contribution in [3.05, 3.63) is 39.5 Å². The number of carbonyl (C=O) groups excluding carboxylic acids is 2. The van der Waals surface area contributed by atoms with E-state index in [0.29, 0.717) is 27.3 Å². The Morgan fingerprint density at radius 3 is 2.93 bits per heavy atom. The Morgan fingerprint density at radius 2 is 2.20 bits per heavy atom. The van der Waals surface area contributed by atoms with Gasteiger partial charge in [-0.15, -0.1) is 11.3 Å². The average molecular weight is 449 g/mol. The van der Waals surface area contributed by atoms with Crippen LogP contribution in [0.4, 0.5) is 16.2 Å². The molecular weight excluding hydrogens is 428 g/mol. The number of halogens is 1. The normalized spacial score (nSPS) is 24.9. The molecule has 0 saturated carbocycles. The molecule has 0 aliphatic carbocycles. The van der Waals surface area contributed by atoms with Crippen LogP contribution >= 0.6 is 22.9 Å². The zero-order valence-electron chi connectivity index (χ0n) is 16.0. The zero-order valence-corrected chi connectivity index (χ0v) is 17.6. The Bertz CT molecular complexity index is 999. The largest absolute Gasteiger partial charge is 0.489 e. The predicted molar refractivity (Wildman–Crippen MR) is 115 cm³/mol. The van der Waals surface area contributed by atoms with Crippen molar-refractivity contribution < 1.29 is 19.1 Å². The first-order chi connectivity index (χ1) is 14.5. The summed E-state index contributed by atoms with van der Waals surface area (Å²) in [6.07, 6.45) is 0.0315. The minimum atomic E-state index is -0.499. The van der Waals surface area contributed by atoms with E-state index in [0.717, 1.165) is 25.2 Å². The van der Waals surface area contributed by atoms with E-state index in [4.69, 9.17) is 26.8 Å². The summed E-state index contributed by atoms with van der Waals surface area (Å²) < 4.78 is 12.1. The molecule has 4 heterocycles. The Hall–Kier alpha value is -2.49. The third kappa shape index (κ3) is 3.46. The summed E-state index contributed by atoms with van der Waals surface area (Å²) in [5, 5.41) is 2.82. The molecule has 0 bridgehead atoms. The van der Waals surface area contributed by atoms with Crippen LogP contribution in [0, 0.1) is 0 Å². The molecule has 3 aliphatic rings. The first-order valence-electron chi connectivity index (χ1n) is 9.80. The third-order valence-corrected chi connectivity index (χ3v) is 6.90. The highest BCUT2D eigenvalue weighted by molar-refractivity contribution is 7.18. The van der Waals surface area contributed by atoms with E-state index in [1.54, 1.807) is 17.0 Å². The molecule has 2 fully saturated rings. The highest BCUT2D eigenvalue weighted by Crippen LogP contribution is 2.41. The second kappa shape index (κ2) is 7.64. The van der Waals surface area contributed by atoms with Crippen molar-refractivity contribution >= 4 is 46.3 Å². The molecular formula is C20H21ClN4O4S. The molecule has 8 nitrogen and oxygen atoms in total. The quantitative estimate of drug-likeness (QED) is 0.745. The van der Waals surface area contributed by atoms with Crippen LogP contribution in [0.15, 0.2) is 30.3 Å². The lowest BCUT2D eigenvalue weighted by molar-refractivity contribution is 0.0890. The molecule has 0 radical (unpaired) electrons. The van der Waals surface area contributed by atoms with E-state index >= 15 is 0 Å². The highest BCUT2D eigenvalue weighted by atomic mass is 35.5. The van der Waals surface area contributed by atoms with Crippen LogP contribution in [0.1, 0.15) is 16.1 Å². The van der Waals surface area contributed by atoms with Gasteiger partial charge in [0.2, 0.25) is 0 Å².